The first-order valence-electron chi connectivity index (χ1n) is 6.68. The Morgan fingerprint density at radius 3 is 2.52 bits per heavy atom. The lowest BCUT2D eigenvalue weighted by Gasteiger charge is -2.26. The first kappa shape index (κ1) is 15.0. The van der Waals surface area contributed by atoms with Gasteiger partial charge in [-0.3, -0.25) is 0 Å². The van der Waals surface area contributed by atoms with Crippen molar-refractivity contribution in [1.29, 1.82) is 0 Å². The number of carboxylic acid groups (broad SMARTS) is 1. The molecule has 0 amide bonds. The molecule has 2 nitrogen and oxygen atoms in total. The first-order chi connectivity index (χ1) is 9.91. The number of rotatable bonds is 4. The molecular weight excluding hydrogens is 267 g/mol. The van der Waals surface area contributed by atoms with Gasteiger partial charge >= 0.3 is 5.97 Å². The molecule has 0 bridgehead atoms. The molecule has 0 aliphatic carbocycles. The molecule has 0 fully saturated rings. The second-order valence-electron chi connectivity index (χ2n) is 5.40. The number of benzene rings is 2. The van der Waals surface area contributed by atoms with E-state index in [1.54, 1.807) is 12.1 Å². The smallest absolute Gasteiger partial charge is 0.328 e. The van der Waals surface area contributed by atoms with Crippen molar-refractivity contribution >= 4 is 12.0 Å². The Bertz CT molecular complexity index is 687. The van der Waals surface area contributed by atoms with Gasteiger partial charge in [0.1, 0.15) is 5.82 Å². The van der Waals surface area contributed by atoms with Crippen LogP contribution in [0, 0.1) is 5.82 Å². The lowest BCUT2D eigenvalue weighted by Crippen LogP contribution is -2.20. The molecule has 21 heavy (non-hydrogen) atoms. The number of hydrogen-bond acceptors (Lipinski definition) is 1. The van der Waals surface area contributed by atoms with E-state index < -0.39 is 11.4 Å². The van der Waals surface area contributed by atoms with E-state index in [0.29, 0.717) is 5.56 Å². The highest BCUT2D eigenvalue weighted by molar-refractivity contribution is 5.85. The van der Waals surface area contributed by atoms with Crippen LogP contribution >= 0.6 is 0 Å². The molecule has 2 rings (SSSR count). The fourth-order valence-corrected chi connectivity index (χ4v) is 2.32. The molecule has 108 valence electrons. The van der Waals surface area contributed by atoms with Gasteiger partial charge in [-0.1, -0.05) is 56.3 Å². The summed E-state index contributed by atoms with van der Waals surface area (Å²) < 4.78 is 14.0. The number of hydrogen-bond donors (Lipinski definition) is 1. The molecule has 0 spiro atoms. The van der Waals surface area contributed by atoms with Crippen molar-refractivity contribution in [3.63, 3.8) is 0 Å². The van der Waals surface area contributed by atoms with E-state index in [2.05, 4.69) is 0 Å². The van der Waals surface area contributed by atoms with Crippen LogP contribution in [0.4, 0.5) is 4.39 Å². The average molecular weight is 284 g/mol. The third-order valence-corrected chi connectivity index (χ3v) is 3.57. The maximum atomic E-state index is 14.0. The number of aliphatic carboxylic acids is 1. The van der Waals surface area contributed by atoms with Crippen LogP contribution in [-0.4, -0.2) is 11.1 Å². The van der Waals surface area contributed by atoms with Crippen molar-refractivity contribution in [3.05, 3.63) is 77.1 Å². The van der Waals surface area contributed by atoms with Gasteiger partial charge in [0.2, 0.25) is 0 Å². The monoisotopic (exact) mass is 284 g/mol. The average Bonchev–Trinajstić information content (AvgIpc) is 2.45. The molecule has 0 aliphatic heterocycles. The predicted octanol–water partition coefficient (Wildman–Crippen LogP) is 4.25. The zero-order valence-corrected chi connectivity index (χ0v) is 12.0. The summed E-state index contributed by atoms with van der Waals surface area (Å²) in [6.45, 7) is 3.90. The number of halogens is 1. The van der Waals surface area contributed by atoms with E-state index in [-0.39, 0.29) is 5.82 Å². The van der Waals surface area contributed by atoms with Gasteiger partial charge in [-0.2, -0.15) is 0 Å². The van der Waals surface area contributed by atoms with Crippen molar-refractivity contribution in [2.45, 2.75) is 19.3 Å². The maximum Gasteiger partial charge on any atom is 0.328 e. The molecule has 0 saturated heterocycles. The van der Waals surface area contributed by atoms with Gasteiger partial charge in [0.15, 0.2) is 0 Å². The van der Waals surface area contributed by atoms with E-state index in [9.17, 15) is 9.18 Å². The highest BCUT2D eigenvalue weighted by atomic mass is 19.1. The minimum atomic E-state index is -0.992. The van der Waals surface area contributed by atoms with Crippen LogP contribution in [0.25, 0.3) is 6.08 Å². The topological polar surface area (TPSA) is 37.3 Å². The molecule has 0 radical (unpaired) electrons. The van der Waals surface area contributed by atoms with Crippen LogP contribution < -0.4 is 0 Å². The van der Waals surface area contributed by atoms with Crippen LogP contribution in [0.1, 0.15) is 30.5 Å². The summed E-state index contributed by atoms with van der Waals surface area (Å²) in [7, 11) is 0. The van der Waals surface area contributed by atoms with Crippen LogP contribution in [0.15, 0.2) is 54.6 Å². The Hall–Kier alpha value is -2.42. The molecule has 0 aliphatic rings. The van der Waals surface area contributed by atoms with Crippen molar-refractivity contribution in [2.24, 2.45) is 0 Å². The molecule has 2 aromatic carbocycles. The van der Waals surface area contributed by atoms with Crippen molar-refractivity contribution in [2.75, 3.05) is 0 Å². The molecule has 0 unspecified atom stereocenters. The summed E-state index contributed by atoms with van der Waals surface area (Å²) in [5.41, 5.74) is 1.82. The fourth-order valence-electron chi connectivity index (χ4n) is 2.32. The Balaban J connectivity index is 2.43. The summed E-state index contributed by atoms with van der Waals surface area (Å²) >= 11 is 0. The van der Waals surface area contributed by atoms with Crippen molar-refractivity contribution in [1.82, 2.24) is 0 Å². The van der Waals surface area contributed by atoms with Gasteiger partial charge in [-0.05, 0) is 28.8 Å². The summed E-state index contributed by atoms with van der Waals surface area (Å²) in [6, 6.07) is 14.2. The van der Waals surface area contributed by atoms with Gasteiger partial charge in [-0.25, -0.2) is 9.18 Å². The van der Waals surface area contributed by atoms with Crippen LogP contribution in [0.2, 0.25) is 0 Å². The maximum absolute atomic E-state index is 14.0. The molecule has 0 saturated carbocycles. The van der Waals surface area contributed by atoms with Gasteiger partial charge in [0, 0.05) is 11.5 Å². The molecule has 0 atom stereocenters. The van der Waals surface area contributed by atoms with E-state index in [4.69, 9.17) is 5.11 Å². The van der Waals surface area contributed by atoms with Gasteiger partial charge in [-0.15, -0.1) is 0 Å². The largest absolute Gasteiger partial charge is 0.478 e. The minimum Gasteiger partial charge on any atom is -0.478 e. The summed E-state index contributed by atoms with van der Waals surface area (Å²) in [5.74, 6) is -1.23. The van der Waals surface area contributed by atoms with E-state index in [1.165, 1.54) is 12.1 Å². The van der Waals surface area contributed by atoms with Gasteiger partial charge < -0.3 is 5.11 Å². The quantitative estimate of drug-likeness (QED) is 0.852. The second kappa shape index (κ2) is 5.92. The van der Waals surface area contributed by atoms with Crippen molar-refractivity contribution in [3.8, 4) is 0 Å². The Morgan fingerprint density at radius 1 is 1.14 bits per heavy atom. The van der Waals surface area contributed by atoms with E-state index in [0.717, 1.165) is 17.2 Å². The second-order valence-corrected chi connectivity index (χ2v) is 5.40. The molecule has 3 heteroatoms. The lowest BCUT2D eigenvalue weighted by atomic mass is 9.77. The highest BCUT2D eigenvalue weighted by Crippen LogP contribution is 2.33. The Labute approximate surface area is 123 Å². The third-order valence-electron chi connectivity index (χ3n) is 3.57. The number of carboxylic acids is 1. The lowest BCUT2D eigenvalue weighted by molar-refractivity contribution is -0.131. The Morgan fingerprint density at radius 2 is 1.86 bits per heavy atom. The normalized spacial score (nSPS) is 11.8. The first-order valence-corrected chi connectivity index (χ1v) is 6.68. The SMILES string of the molecule is CC(C)(c1cccc(/C=C/C(=O)O)c1)c1ccccc1F. The number of carbonyl (C=O) groups is 1. The van der Waals surface area contributed by atoms with E-state index >= 15 is 0 Å². The molecule has 1 N–H and O–H groups in total. The van der Waals surface area contributed by atoms with Crippen LogP contribution in [0.3, 0.4) is 0 Å². The van der Waals surface area contributed by atoms with Gasteiger partial charge in [0.05, 0.1) is 0 Å². The van der Waals surface area contributed by atoms with Crippen LogP contribution in [0.5, 0.6) is 0 Å². The standard InChI is InChI=1S/C18H17FO2/c1-18(2,15-8-3-4-9-16(15)19)14-7-5-6-13(12-14)10-11-17(20)21/h3-12H,1-2H3,(H,20,21)/b11-10+. The molecule has 0 heterocycles. The predicted molar refractivity (Wildman–Crippen MR) is 81.6 cm³/mol. The molecule has 0 aromatic heterocycles. The fraction of sp³-hybridized carbons (Fsp3) is 0.167. The zero-order valence-electron chi connectivity index (χ0n) is 12.0. The highest BCUT2D eigenvalue weighted by Gasteiger charge is 2.26. The molecular formula is C18H17FO2. The summed E-state index contributed by atoms with van der Waals surface area (Å²) in [5, 5.41) is 8.68. The van der Waals surface area contributed by atoms with Gasteiger partial charge in [0.25, 0.3) is 0 Å². The Kier molecular flexibility index (Phi) is 4.22. The third kappa shape index (κ3) is 3.37. The van der Waals surface area contributed by atoms with Crippen LogP contribution in [-0.2, 0) is 10.2 Å². The molecule has 2 aromatic rings. The summed E-state index contributed by atoms with van der Waals surface area (Å²) in [4.78, 5) is 10.6. The summed E-state index contributed by atoms with van der Waals surface area (Å²) in [6.07, 6.45) is 2.62. The van der Waals surface area contributed by atoms with E-state index in [1.807, 2.05) is 44.2 Å². The van der Waals surface area contributed by atoms with Crippen molar-refractivity contribution < 1.29 is 14.3 Å². The zero-order chi connectivity index (χ0) is 15.5. The minimum absolute atomic E-state index is 0.242.